The Bertz CT molecular complexity index is 557. The molecule has 4 heteroatoms. The minimum Gasteiger partial charge on any atom is -0.478 e. The highest BCUT2D eigenvalue weighted by Gasteiger charge is 2.16. The molecule has 0 atom stereocenters. The Labute approximate surface area is 95.2 Å². The van der Waals surface area contributed by atoms with Crippen molar-refractivity contribution in [3.63, 3.8) is 0 Å². The van der Waals surface area contributed by atoms with Crippen LogP contribution in [-0.4, -0.2) is 16.1 Å². The number of H-pyrrole nitrogens is 1. The number of hydrogen-bond acceptors (Lipinski definition) is 1. The predicted molar refractivity (Wildman–Crippen MR) is 62.4 cm³/mol. The molecule has 78 valence electrons. The van der Waals surface area contributed by atoms with Crippen molar-refractivity contribution >= 4 is 32.8 Å². The van der Waals surface area contributed by atoms with E-state index < -0.39 is 5.97 Å². The van der Waals surface area contributed by atoms with E-state index in [0.717, 1.165) is 20.9 Å². The van der Waals surface area contributed by atoms with Crippen molar-refractivity contribution in [3.8, 4) is 0 Å². The van der Waals surface area contributed by atoms with Crippen LogP contribution in [0.1, 0.15) is 21.6 Å². The zero-order valence-corrected chi connectivity index (χ0v) is 9.97. The molecule has 0 aliphatic carbocycles. The molecule has 0 spiro atoms. The number of carboxylic acid groups (broad SMARTS) is 1. The summed E-state index contributed by atoms with van der Waals surface area (Å²) in [6, 6.07) is 3.79. The summed E-state index contributed by atoms with van der Waals surface area (Å²) in [5.41, 5.74) is 2.98. The average Bonchev–Trinajstić information content (AvgIpc) is 2.41. The molecule has 0 radical (unpaired) electrons. The Morgan fingerprint density at radius 3 is 2.67 bits per heavy atom. The number of halogens is 1. The van der Waals surface area contributed by atoms with Gasteiger partial charge in [0.15, 0.2) is 0 Å². The summed E-state index contributed by atoms with van der Waals surface area (Å²) in [6.45, 7) is 3.73. The number of aromatic amines is 1. The highest BCUT2D eigenvalue weighted by atomic mass is 79.9. The lowest BCUT2D eigenvalue weighted by Crippen LogP contribution is -1.96. The van der Waals surface area contributed by atoms with Crippen molar-refractivity contribution in [3.05, 3.63) is 33.4 Å². The maximum absolute atomic E-state index is 11.1. The van der Waals surface area contributed by atoms with Crippen molar-refractivity contribution < 1.29 is 9.90 Å². The molecule has 0 saturated heterocycles. The maximum Gasteiger partial charge on any atom is 0.338 e. The lowest BCUT2D eigenvalue weighted by atomic mass is 10.1. The quantitative estimate of drug-likeness (QED) is 0.834. The molecule has 1 aromatic heterocycles. The first kappa shape index (κ1) is 10.2. The lowest BCUT2D eigenvalue weighted by Gasteiger charge is -1.98. The average molecular weight is 268 g/mol. The molecule has 0 unspecified atom stereocenters. The van der Waals surface area contributed by atoms with Crippen LogP contribution in [0.25, 0.3) is 10.9 Å². The van der Waals surface area contributed by atoms with Crippen molar-refractivity contribution in [1.29, 1.82) is 0 Å². The second-order valence-electron chi connectivity index (χ2n) is 3.58. The molecular formula is C11H10BrNO2. The predicted octanol–water partition coefficient (Wildman–Crippen LogP) is 3.25. The number of carbonyl (C=O) groups is 1. The van der Waals surface area contributed by atoms with Gasteiger partial charge < -0.3 is 10.1 Å². The third-order valence-electron chi connectivity index (χ3n) is 2.47. The maximum atomic E-state index is 11.1. The second-order valence-corrected chi connectivity index (χ2v) is 4.49. The van der Waals surface area contributed by atoms with E-state index in [1.165, 1.54) is 0 Å². The molecule has 0 fully saturated rings. The van der Waals surface area contributed by atoms with E-state index in [1.807, 2.05) is 19.1 Å². The van der Waals surface area contributed by atoms with E-state index >= 15 is 0 Å². The van der Waals surface area contributed by atoms with E-state index in [9.17, 15) is 4.79 Å². The summed E-state index contributed by atoms with van der Waals surface area (Å²) in [6.07, 6.45) is 0. The number of aromatic nitrogens is 1. The van der Waals surface area contributed by atoms with E-state index in [2.05, 4.69) is 20.9 Å². The summed E-state index contributed by atoms with van der Waals surface area (Å²) < 4.78 is 0.897. The molecule has 2 rings (SSSR count). The molecule has 0 saturated carbocycles. The number of carboxylic acids is 1. The first-order valence-corrected chi connectivity index (χ1v) is 5.31. The fourth-order valence-electron chi connectivity index (χ4n) is 1.83. The van der Waals surface area contributed by atoms with Gasteiger partial charge in [0.25, 0.3) is 0 Å². The highest BCUT2D eigenvalue weighted by Crippen LogP contribution is 2.28. The summed E-state index contributed by atoms with van der Waals surface area (Å²) >= 11 is 3.37. The van der Waals surface area contributed by atoms with Gasteiger partial charge in [-0.3, -0.25) is 0 Å². The van der Waals surface area contributed by atoms with Gasteiger partial charge in [0, 0.05) is 21.1 Å². The van der Waals surface area contributed by atoms with Crippen molar-refractivity contribution in [2.45, 2.75) is 13.8 Å². The zero-order valence-electron chi connectivity index (χ0n) is 8.39. The van der Waals surface area contributed by atoms with Gasteiger partial charge in [0.1, 0.15) is 0 Å². The van der Waals surface area contributed by atoms with Crippen LogP contribution in [0, 0.1) is 13.8 Å². The number of rotatable bonds is 1. The highest BCUT2D eigenvalue weighted by molar-refractivity contribution is 9.10. The lowest BCUT2D eigenvalue weighted by molar-refractivity contribution is 0.0698. The van der Waals surface area contributed by atoms with Gasteiger partial charge in [-0.2, -0.15) is 0 Å². The third-order valence-corrected chi connectivity index (χ3v) is 2.93. The van der Waals surface area contributed by atoms with E-state index in [1.54, 1.807) is 6.92 Å². The number of aromatic carboxylic acids is 1. The Hall–Kier alpha value is -1.29. The minimum atomic E-state index is -0.892. The molecule has 2 aromatic rings. The molecule has 0 aliphatic heterocycles. The summed E-state index contributed by atoms with van der Waals surface area (Å²) in [5, 5.41) is 9.86. The molecule has 2 N–H and O–H groups in total. The first-order chi connectivity index (χ1) is 7.00. The van der Waals surface area contributed by atoms with Gasteiger partial charge in [0.2, 0.25) is 0 Å². The minimum absolute atomic E-state index is 0.356. The van der Waals surface area contributed by atoms with Gasteiger partial charge in [0.05, 0.1) is 5.56 Å². The van der Waals surface area contributed by atoms with Crippen LogP contribution in [0.2, 0.25) is 0 Å². The number of hydrogen-bond donors (Lipinski definition) is 2. The molecule has 1 aromatic carbocycles. The fourth-order valence-corrected chi connectivity index (χ4v) is 2.41. The summed E-state index contributed by atoms with van der Waals surface area (Å²) in [4.78, 5) is 14.2. The molecule has 0 bridgehead atoms. The van der Waals surface area contributed by atoms with Crippen LogP contribution in [-0.2, 0) is 0 Å². The Morgan fingerprint density at radius 2 is 2.07 bits per heavy atom. The van der Waals surface area contributed by atoms with Gasteiger partial charge in [-0.15, -0.1) is 0 Å². The largest absolute Gasteiger partial charge is 0.478 e. The topological polar surface area (TPSA) is 53.1 Å². The van der Waals surface area contributed by atoms with Crippen molar-refractivity contribution in [2.75, 3.05) is 0 Å². The number of nitrogens with one attached hydrogen (secondary N) is 1. The van der Waals surface area contributed by atoms with Crippen LogP contribution < -0.4 is 0 Å². The molecular weight excluding hydrogens is 258 g/mol. The van der Waals surface area contributed by atoms with Crippen LogP contribution >= 0.6 is 15.9 Å². The van der Waals surface area contributed by atoms with Gasteiger partial charge >= 0.3 is 5.97 Å². The monoisotopic (exact) mass is 267 g/mol. The molecule has 3 nitrogen and oxygen atoms in total. The smallest absolute Gasteiger partial charge is 0.338 e. The molecule has 0 aliphatic rings. The van der Waals surface area contributed by atoms with Gasteiger partial charge in [-0.25, -0.2) is 4.79 Å². The van der Waals surface area contributed by atoms with Crippen LogP contribution in [0.15, 0.2) is 16.6 Å². The Morgan fingerprint density at radius 1 is 1.40 bits per heavy atom. The zero-order chi connectivity index (χ0) is 11.2. The summed E-state index contributed by atoms with van der Waals surface area (Å²) in [5.74, 6) is -0.892. The Kier molecular flexibility index (Phi) is 2.31. The van der Waals surface area contributed by atoms with Crippen LogP contribution in [0.4, 0.5) is 0 Å². The fraction of sp³-hybridized carbons (Fsp3) is 0.182. The second kappa shape index (κ2) is 3.38. The van der Waals surface area contributed by atoms with Gasteiger partial charge in [-0.05, 0) is 31.5 Å². The first-order valence-electron chi connectivity index (χ1n) is 4.52. The van der Waals surface area contributed by atoms with E-state index in [0.29, 0.717) is 11.3 Å². The normalized spacial score (nSPS) is 10.9. The molecule has 1 heterocycles. The number of fused-ring (bicyclic) bond motifs is 1. The SMILES string of the molecule is Cc1[nH]c2c(C)cc(Br)cc2c1C(=O)O. The summed E-state index contributed by atoms with van der Waals surface area (Å²) in [7, 11) is 0. The van der Waals surface area contributed by atoms with Crippen LogP contribution in [0.5, 0.6) is 0 Å². The standard InChI is InChI=1S/C11H10BrNO2/c1-5-3-7(12)4-8-9(11(14)15)6(2)13-10(5)8/h3-4,13H,1-2H3,(H,14,15). The van der Waals surface area contributed by atoms with Crippen LogP contribution in [0.3, 0.4) is 0 Å². The number of benzene rings is 1. The third kappa shape index (κ3) is 1.55. The van der Waals surface area contributed by atoms with E-state index in [-0.39, 0.29) is 0 Å². The van der Waals surface area contributed by atoms with Crippen molar-refractivity contribution in [2.24, 2.45) is 0 Å². The van der Waals surface area contributed by atoms with E-state index in [4.69, 9.17) is 5.11 Å². The Balaban J connectivity index is 2.93. The molecule has 15 heavy (non-hydrogen) atoms. The molecule has 0 amide bonds. The van der Waals surface area contributed by atoms with Gasteiger partial charge in [-0.1, -0.05) is 15.9 Å². The van der Waals surface area contributed by atoms with Crippen molar-refractivity contribution in [1.82, 2.24) is 4.98 Å². The number of aryl methyl sites for hydroxylation is 2.